The predicted molar refractivity (Wildman–Crippen MR) is 198 cm³/mol. The molecule has 2 aromatic heterocycles. The smallest absolute Gasteiger partial charge is 0.323 e. The number of methoxy groups -OCH3 is 2. The molecule has 1 saturated heterocycles. The highest BCUT2D eigenvalue weighted by Crippen LogP contribution is 2.45. The van der Waals surface area contributed by atoms with E-state index in [1.807, 2.05) is 36.4 Å². The van der Waals surface area contributed by atoms with E-state index in [4.69, 9.17) is 42.4 Å². The SMILES string of the molecule is COc1nc(-c2cccc(-c3cccc4c3CC[C@@H]4Oc3nc(OC)c(CNC4(C(=O)O)CCC4)cc3Cl)c2Cl)ccc1CNC[C@@H]1CCC(=O)N1. The van der Waals surface area contributed by atoms with Crippen molar-refractivity contribution >= 4 is 35.1 Å². The van der Waals surface area contributed by atoms with Gasteiger partial charge in [-0.3, -0.25) is 14.9 Å². The highest BCUT2D eigenvalue weighted by atomic mass is 35.5. The highest BCUT2D eigenvalue weighted by Gasteiger charge is 2.44. The number of carboxylic acid groups (broad SMARTS) is 1. The van der Waals surface area contributed by atoms with E-state index < -0.39 is 11.5 Å². The molecule has 2 aromatic carbocycles. The number of aromatic nitrogens is 2. The molecule has 272 valence electrons. The number of carbonyl (C=O) groups is 2. The fourth-order valence-electron chi connectivity index (χ4n) is 7.35. The van der Waals surface area contributed by atoms with Crippen molar-refractivity contribution in [3.63, 3.8) is 0 Å². The third-order valence-electron chi connectivity index (χ3n) is 10.4. The van der Waals surface area contributed by atoms with Gasteiger partial charge in [0, 0.05) is 54.4 Å². The largest absolute Gasteiger partial charge is 0.481 e. The van der Waals surface area contributed by atoms with Gasteiger partial charge < -0.3 is 30.0 Å². The van der Waals surface area contributed by atoms with Crippen LogP contribution in [-0.4, -0.2) is 59.3 Å². The molecule has 0 unspecified atom stereocenters. The fourth-order valence-corrected chi connectivity index (χ4v) is 7.89. The summed E-state index contributed by atoms with van der Waals surface area (Å²) >= 11 is 13.9. The van der Waals surface area contributed by atoms with Gasteiger partial charge in [0.2, 0.25) is 23.5 Å². The van der Waals surface area contributed by atoms with Crippen LogP contribution in [0.4, 0.5) is 0 Å². The van der Waals surface area contributed by atoms with E-state index in [9.17, 15) is 14.7 Å². The van der Waals surface area contributed by atoms with Crippen LogP contribution in [0.1, 0.15) is 66.9 Å². The average Bonchev–Trinajstić information content (AvgIpc) is 3.74. The molecule has 52 heavy (non-hydrogen) atoms. The molecule has 11 nitrogen and oxygen atoms in total. The van der Waals surface area contributed by atoms with E-state index in [0.29, 0.717) is 65.4 Å². The van der Waals surface area contributed by atoms with E-state index in [-0.39, 0.29) is 30.5 Å². The minimum Gasteiger partial charge on any atom is -0.481 e. The van der Waals surface area contributed by atoms with E-state index in [1.165, 1.54) is 7.11 Å². The molecule has 2 atom stereocenters. The number of fused-ring (bicyclic) bond motifs is 1. The first-order chi connectivity index (χ1) is 25.2. The van der Waals surface area contributed by atoms with E-state index in [0.717, 1.165) is 59.1 Å². The van der Waals surface area contributed by atoms with E-state index in [2.05, 4.69) is 33.1 Å². The molecule has 13 heteroatoms. The molecular formula is C39H41Cl2N5O6. The Morgan fingerprint density at radius 2 is 1.67 bits per heavy atom. The molecular weight excluding hydrogens is 705 g/mol. The van der Waals surface area contributed by atoms with Gasteiger partial charge in [-0.15, -0.1) is 0 Å². The van der Waals surface area contributed by atoms with Crippen LogP contribution in [0, 0.1) is 0 Å². The molecule has 2 aliphatic carbocycles. The van der Waals surface area contributed by atoms with Crippen LogP contribution >= 0.6 is 23.2 Å². The number of rotatable bonds is 14. The topological polar surface area (TPSA) is 144 Å². The summed E-state index contributed by atoms with van der Waals surface area (Å²) in [5.41, 5.74) is 6.21. The van der Waals surface area contributed by atoms with Crippen molar-refractivity contribution in [3.8, 4) is 40.0 Å². The quantitative estimate of drug-likeness (QED) is 0.111. The standard InChI is InChI=1S/C39H41Cl2N5O6/c1-50-35-22(19-42-21-24-11-15-33(47)44-24)10-13-31(45-35)29-9-4-8-28(34(29)41)25-6-3-7-27-26(25)12-14-32(27)52-37-30(40)18-23(36(46-37)51-2)20-43-39(38(48)49)16-5-17-39/h3-4,6-10,13,18,24,32,42-43H,5,11-12,14-17,19-21H2,1-2H3,(H,44,47)(H,48,49)/t24-,32-/m0/s1. The summed E-state index contributed by atoms with van der Waals surface area (Å²) in [6.45, 7) is 1.48. The van der Waals surface area contributed by atoms with Crippen LogP contribution in [0.5, 0.6) is 17.6 Å². The second kappa shape index (κ2) is 15.3. The lowest BCUT2D eigenvalue weighted by molar-refractivity contribution is -0.148. The highest BCUT2D eigenvalue weighted by molar-refractivity contribution is 6.36. The van der Waals surface area contributed by atoms with Crippen LogP contribution in [0.25, 0.3) is 22.4 Å². The summed E-state index contributed by atoms with van der Waals surface area (Å²) in [7, 11) is 3.13. The maximum atomic E-state index is 11.8. The average molecular weight is 747 g/mol. The molecule has 4 N–H and O–H groups in total. The van der Waals surface area contributed by atoms with Gasteiger partial charge >= 0.3 is 5.97 Å². The van der Waals surface area contributed by atoms with Crippen molar-refractivity contribution in [2.75, 3.05) is 20.8 Å². The Hall–Kier alpha value is -4.42. The van der Waals surface area contributed by atoms with Gasteiger partial charge in [-0.2, -0.15) is 4.98 Å². The molecule has 1 amide bonds. The number of halogens is 2. The summed E-state index contributed by atoms with van der Waals surface area (Å²) in [5.74, 6) is 0.341. The third kappa shape index (κ3) is 7.15. The van der Waals surface area contributed by atoms with Crippen molar-refractivity contribution < 1.29 is 28.9 Å². The number of hydrogen-bond donors (Lipinski definition) is 4. The van der Waals surface area contributed by atoms with Crippen LogP contribution in [0.3, 0.4) is 0 Å². The number of ether oxygens (including phenoxy) is 3. The monoisotopic (exact) mass is 745 g/mol. The molecule has 0 spiro atoms. The van der Waals surface area contributed by atoms with E-state index in [1.54, 1.807) is 13.2 Å². The second-order valence-corrected chi connectivity index (χ2v) is 14.3. The minimum atomic E-state index is -0.927. The summed E-state index contributed by atoms with van der Waals surface area (Å²) < 4.78 is 17.7. The van der Waals surface area contributed by atoms with Crippen LogP contribution in [-0.2, 0) is 29.1 Å². The second-order valence-electron chi connectivity index (χ2n) is 13.5. The van der Waals surface area contributed by atoms with Crippen LogP contribution < -0.4 is 30.2 Å². The third-order valence-corrected chi connectivity index (χ3v) is 11.0. The molecule has 4 aromatic rings. The summed E-state index contributed by atoms with van der Waals surface area (Å²) in [6, 6.07) is 17.9. The molecule has 1 saturated carbocycles. The number of aliphatic carboxylic acids is 1. The number of amides is 1. The summed E-state index contributed by atoms with van der Waals surface area (Å²) in [4.78, 5) is 32.8. The van der Waals surface area contributed by atoms with Crippen molar-refractivity contribution in [3.05, 3.63) is 86.9 Å². The van der Waals surface area contributed by atoms with Gasteiger partial charge in [-0.1, -0.05) is 65.7 Å². The van der Waals surface area contributed by atoms with Crippen molar-refractivity contribution in [2.24, 2.45) is 0 Å². The molecule has 7 rings (SSSR count). The van der Waals surface area contributed by atoms with Crippen LogP contribution in [0.15, 0.2) is 54.6 Å². The Bertz CT molecular complexity index is 2000. The van der Waals surface area contributed by atoms with Crippen LogP contribution in [0.2, 0.25) is 10.0 Å². The van der Waals surface area contributed by atoms with Gasteiger partial charge in [0.05, 0.1) is 24.9 Å². The Morgan fingerprint density at radius 1 is 0.923 bits per heavy atom. The fraction of sp³-hybridized carbons (Fsp3) is 0.385. The lowest BCUT2D eigenvalue weighted by Crippen LogP contribution is -2.56. The van der Waals surface area contributed by atoms with Crippen molar-refractivity contribution in [2.45, 2.75) is 75.7 Å². The Kier molecular flexibility index (Phi) is 10.6. The number of nitrogens with zero attached hydrogens (tertiary/aromatic N) is 2. The number of pyridine rings is 2. The normalized spacial score (nSPS) is 18.7. The maximum absolute atomic E-state index is 11.8. The molecule has 1 aliphatic heterocycles. The number of carbonyl (C=O) groups excluding carboxylic acids is 1. The number of hydrogen-bond acceptors (Lipinski definition) is 9. The number of nitrogens with one attached hydrogen (secondary N) is 3. The molecule has 0 bridgehead atoms. The summed E-state index contributed by atoms with van der Waals surface area (Å²) in [6.07, 6.45) is 4.62. The molecule has 3 aliphatic rings. The first-order valence-electron chi connectivity index (χ1n) is 17.5. The zero-order valence-corrected chi connectivity index (χ0v) is 30.6. The molecule has 2 fully saturated rings. The van der Waals surface area contributed by atoms with Gasteiger partial charge in [-0.25, -0.2) is 4.98 Å². The lowest BCUT2D eigenvalue weighted by atomic mass is 9.76. The Morgan fingerprint density at radius 3 is 2.38 bits per heavy atom. The molecule has 0 radical (unpaired) electrons. The van der Waals surface area contributed by atoms with Gasteiger partial charge in [0.1, 0.15) is 16.7 Å². The lowest BCUT2D eigenvalue weighted by Gasteiger charge is -2.38. The number of benzene rings is 2. The first kappa shape index (κ1) is 36.0. The predicted octanol–water partition coefficient (Wildman–Crippen LogP) is 6.67. The van der Waals surface area contributed by atoms with Gasteiger partial charge in [0.15, 0.2) is 0 Å². The van der Waals surface area contributed by atoms with Gasteiger partial charge in [0.25, 0.3) is 0 Å². The van der Waals surface area contributed by atoms with Crippen molar-refractivity contribution in [1.82, 2.24) is 25.9 Å². The maximum Gasteiger partial charge on any atom is 0.323 e. The Labute approximate surface area is 312 Å². The summed E-state index contributed by atoms with van der Waals surface area (Å²) in [5, 5.41) is 20.2. The number of carboxylic acids is 1. The molecule has 3 heterocycles. The Balaban J connectivity index is 1.08. The first-order valence-corrected chi connectivity index (χ1v) is 18.3. The van der Waals surface area contributed by atoms with Crippen molar-refractivity contribution in [1.29, 1.82) is 0 Å². The zero-order valence-electron chi connectivity index (χ0n) is 29.1. The zero-order chi connectivity index (χ0) is 36.4. The van der Waals surface area contributed by atoms with Gasteiger partial charge in [-0.05, 0) is 67.3 Å². The van der Waals surface area contributed by atoms with E-state index >= 15 is 0 Å². The minimum absolute atomic E-state index is 0.0975.